The second-order valence-electron chi connectivity index (χ2n) is 2.83. The van der Waals surface area contributed by atoms with Crippen LogP contribution in [0.5, 0.6) is 0 Å². The number of aliphatic hydroxyl groups is 1. The van der Waals surface area contributed by atoms with Crippen molar-refractivity contribution in [2.45, 2.75) is 13.0 Å². The smallest absolute Gasteiger partial charge is 0.181 e. The average molecular weight is 187 g/mol. The Labute approximate surface area is 75.2 Å². The molecule has 0 aromatic heterocycles. The highest BCUT2D eigenvalue weighted by atomic mass is 19.2. The molecule has 0 saturated carbocycles. The summed E-state index contributed by atoms with van der Waals surface area (Å²) in [5.41, 5.74) is 0.0703. The molecule has 0 fully saturated rings. The maximum absolute atomic E-state index is 12.9. The first-order chi connectivity index (χ1) is 6.11. The van der Waals surface area contributed by atoms with Gasteiger partial charge in [-0.3, -0.25) is 0 Å². The van der Waals surface area contributed by atoms with Crippen LogP contribution in [0.4, 0.5) is 14.5 Å². The van der Waals surface area contributed by atoms with Gasteiger partial charge in [0, 0.05) is 6.54 Å². The molecule has 72 valence electrons. The topological polar surface area (TPSA) is 32.3 Å². The van der Waals surface area contributed by atoms with Crippen LogP contribution in [-0.4, -0.2) is 17.8 Å². The molecule has 1 rings (SSSR count). The van der Waals surface area contributed by atoms with E-state index >= 15 is 0 Å². The fraction of sp³-hybridized carbons (Fsp3) is 0.333. The zero-order chi connectivity index (χ0) is 9.84. The van der Waals surface area contributed by atoms with Gasteiger partial charge < -0.3 is 10.4 Å². The molecule has 0 saturated heterocycles. The zero-order valence-corrected chi connectivity index (χ0v) is 7.22. The molecule has 0 aliphatic carbocycles. The van der Waals surface area contributed by atoms with Gasteiger partial charge in [0.15, 0.2) is 11.6 Å². The van der Waals surface area contributed by atoms with E-state index in [2.05, 4.69) is 5.32 Å². The number of anilines is 1. The fourth-order valence-electron chi connectivity index (χ4n) is 0.898. The number of aliphatic hydroxyl groups excluding tert-OH is 1. The zero-order valence-electron chi connectivity index (χ0n) is 7.22. The van der Waals surface area contributed by atoms with E-state index in [0.29, 0.717) is 0 Å². The highest BCUT2D eigenvalue weighted by Crippen LogP contribution is 2.16. The van der Waals surface area contributed by atoms with E-state index in [1.54, 1.807) is 6.92 Å². The minimum atomic E-state index is -0.914. The van der Waals surface area contributed by atoms with Crippen molar-refractivity contribution in [2.75, 3.05) is 11.9 Å². The molecule has 2 nitrogen and oxygen atoms in total. The molecule has 0 bridgehead atoms. The molecule has 4 heteroatoms. The molecule has 1 aromatic carbocycles. The first-order valence-electron chi connectivity index (χ1n) is 3.97. The third kappa shape index (κ3) is 2.66. The minimum Gasteiger partial charge on any atom is -0.392 e. The molecule has 2 N–H and O–H groups in total. The van der Waals surface area contributed by atoms with Crippen LogP contribution in [-0.2, 0) is 0 Å². The Balaban J connectivity index is 2.71. The fourth-order valence-corrected chi connectivity index (χ4v) is 0.898. The summed E-state index contributed by atoms with van der Waals surface area (Å²) in [6, 6.07) is 3.87. The molecule has 0 unspecified atom stereocenters. The molecule has 0 aliphatic rings. The van der Waals surface area contributed by atoms with Crippen LogP contribution >= 0.6 is 0 Å². The van der Waals surface area contributed by atoms with Crippen molar-refractivity contribution in [1.29, 1.82) is 0 Å². The van der Waals surface area contributed by atoms with Crippen LogP contribution < -0.4 is 5.32 Å². The normalized spacial score (nSPS) is 12.6. The van der Waals surface area contributed by atoms with Gasteiger partial charge in [0.1, 0.15) is 0 Å². The SMILES string of the molecule is C[C@H](O)CNc1cccc(F)c1F. The van der Waals surface area contributed by atoms with Gasteiger partial charge in [0.05, 0.1) is 11.8 Å². The molecule has 0 radical (unpaired) electrons. The van der Waals surface area contributed by atoms with Crippen LogP contribution in [0, 0.1) is 11.6 Å². The van der Waals surface area contributed by atoms with Gasteiger partial charge in [-0.05, 0) is 19.1 Å². The molecule has 1 atom stereocenters. The highest BCUT2D eigenvalue weighted by molar-refractivity contribution is 5.44. The first kappa shape index (κ1) is 9.92. The lowest BCUT2D eigenvalue weighted by Crippen LogP contribution is -2.16. The van der Waals surface area contributed by atoms with Gasteiger partial charge in [-0.2, -0.15) is 0 Å². The van der Waals surface area contributed by atoms with Crippen LogP contribution in [0.1, 0.15) is 6.92 Å². The monoisotopic (exact) mass is 187 g/mol. The molecular weight excluding hydrogens is 176 g/mol. The predicted octanol–water partition coefficient (Wildman–Crippen LogP) is 1.76. The van der Waals surface area contributed by atoms with Crippen molar-refractivity contribution in [3.8, 4) is 0 Å². The summed E-state index contributed by atoms with van der Waals surface area (Å²) in [6.07, 6.45) is -0.595. The summed E-state index contributed by atoms with van der Waals surface area (Å²) in [5, 5.41) is 11.5. The maximum Gasteiger partial charge on any atom is 0.181 e. The number of halogens is 2. The van der Waals surface area contributed by atoms with E-state index in [4.69, 9.17) is 5.11 Å². The van der Waals surface area contributed by atoms with Crippen molar-refractivity contribution in [3.63, 3.8) is 0 Å². The van der Waals surface area contributed by atoms with E-state index < -0.39 is 17.7 Å². The lowest BCUT2D eigenvalue weighted by molar-refractivity contribution is 0.208. The van der Waals surface area contributed by atoms with Crippen molar-refractivity contribution < 1.29 is 13.9 Å². The molecule has 0 amide bonds. The summed E-state index contributed by atoms with van der Waals surface area (Å²) in [4.78, 5) is 0. The van der Waals surface area contributed by atoms with E-state index in [9.17, 15) is 8.78 Å². The van der Waals surface area contributed by atoms with Crippen molar-refractivity contribution in [1.82, 2.24) is 0 Å². The summed E-state index contributed by atoms with van der Waals surface area (Å²) >= 11 is 0. The van der Waals surface area contributed by atoms with Crippen LogP contribution in [0.2, 0.25) is 0 Å². The highest BCUT2D eigenvalue weighted by Gasteiger charge is 2.06. The predicted molar refractivity (Wildman–Crippen MR) is 46.5 cm³/mol. The second kappa shape index (κ2) is 4.18. The largest absolute Gasteiger partial charge is 0.392 e. The lowest BCUT2D eigenvalue weighted by atomic mass is 10.3. The van der Waals surface area contributed by atoms with Crippen molar-refractivity contribution in [3.05, 3.63) is 29.8 Å². The van der Waals surface area contributed by atoms with Gasteiger partial charge in [-0.25, -0.2) is 8.78 Å². The third-order valence-corrected chi connectivity index (χ3v) is 1.54. The second-order valence-corrected chi connectivity index (χ2v) is 2.83. The number of hydrogen-bond acceptors (Lipinski definition) is 2. The standard InChI is InChI=1S/C9H11F2NO/c1-6(13)5-12-8-4-2-3-7(10)9(8)11/h2-4,6,12-13H,5H2,1H3/t6-/m0/s1. The summed E-state index contributed by atoms with van der Waals surface area (Å²) in [6.45, 7) is 1.75. The Kier molecular flexibility index (Phi) is 3.19. The van der Waals surface area contributed by atoms with E-state index in [1.165, 1.54) is 12.1 Å². The summed E-state index contributed by atoms with van der Waals surface area (Å²) in [5.74, 6) is -1.81. The quantitative estimate of drug-likeness (QED) is 0.755. The van der Waals surface area contributed by atoms with Gasteiger partial charge >= 0.3 is 0 Å². The Morgan fingerprint density at radius 2 is 2.15 bits per heavy atom. The maximum atomic E-state index is 12.9. The van der Waals surface area contributed by atoms with Crippen molar-refractivity contribution >= 4 is 5.69 Å². The number of rotatable bonds is 3. The van der Waals surface area contributed by atoms with Crippen molar-refractivity contribution in [2.24, 2.45) is 0 Å². The molecule has 0 aliphatic heterocycles. The van der Waals surface area contributed by atoms with Crippen LogP contribution in [0.15, 0.2) is 18.2 Å². The van der Waals surface area contributed by atoms with E-state index in [1.807, 2.05) is 0 Å². The lowest BCUT2D eigenvalue weighted by Gasteiger charge is -2.09. The average Bonchev–Trinajstić information content (AvgIpc) is 2.07. The van der Waals surface area contributed by atoms with Gasteiger partial charge in [0.2, 0.25) is 0 Å². The van der Waals surface area contributed by atoms with Gasteiger partial charge in [-0.1, -0.05) is 6.07 Å². The minimum absolute atomic E-state index is 0.0703. The van der Waals surface area contributed by atoms with Gasteiger partial charge in [0.25, 0.3) is 0 Å². The van der Waals surface area contributed by atoms with Gasteiger partial charge in [-0.15, -0.1) is 0 Å². The summed E-state index contributed by atoms with van der Waals surface area (Å²) < 4.78 is 25.6. The first-order valence-corrected chi connectivity index (χ1v) is 3.97. The van der Waals surface area contributed by atoms with E-state index in [0.717, 1.165) is 6.07 Å². The third-order valence-electron chi connectivity index (χ3n) is 1.54. The Morgan fingerprint density at radius 1 is 1.46 bits per heavy atom. The van der Waals surface area contributed by atoms with E-state index in [-0.39, 0.29) is 12.2 Å². The van der Waals surface area contributed by atoms with Crippen LogP contribution in [0.25, 0.3) is 0 Å². The summed E-state index contributed by atoms with van der Waals surface area (Å²) in [7, 11) is 0. The van der Waals surface area contributed by atoms with Crippen LogP contribution in [0.3, 0.4) is 0 Å². The Morgan fingerprint density at radius 3 is 2.77 bits per heavy atom. The Bertz CT molecular complexity index is 289. The molecule has 0 heterocycles. The molecule has 13 heavy (non-hydrogen) atoms. The number of benzene rings is 1. The number of hydrogen-bond donors (Lipinski definition) is 2. The molecular formula is C9H11F2NO. The number of nitrogens with one attached hydrogen (secondary N) is 1. The Hall–Kier alpha value is -1.16. The molecule has 1 aromatic rings. The molecule has 0 spiro atoms.